The Morgan fingerprint density at radius 1 is 1.21 bits per heavy atom. The zero-order chi connectivity index (χ0) is 23.2. The second kappa shape index (κ2) is 8.75. The first-order valence-corrected chi connectivity index (χ1v) is 13.3. The number of piperidine rings is 1. The van der Waals surface area contributed by atoms with Gasteiger partial charge in [0.25, 0.3) is 5.91 Å². The molecule has 1 fully saturated rings. The molecule has 2 aromatic carbocycles. The third-order valence-electron chi connectivity index (χ3n) is 5.88. The monoisotopic (exact) mass is 507 g/mol. The molecule has 1 aromatic heterocycles. The Labute approximate surface area is 200 Å². The average molecular weight is 508 g/mol. The minimum atomic E-state index is -3.71. The Morgan fingerprint density at radius 3 is 2.67 bits per heavy atom. The molecule has 0 spiro atoms. The SMILES string of the molecule is CCn1c(=NC(=O)C2CCCN(S(=O)(=O)c3ccc(Cl)cc3)C2)sc2cc3c(cc21)OCO3. The number of sulfonamides is 1. The Morgan fingerprint density at radius 2 is 1.94 bits per heavy atom. The zero-order valence-electron chi connectivity index (χ0n) is 17.9. The molecular formula is C22H22ClN3O5S2. The predicted octanol–water partition coefficient (Wildman–Crippen LogP) is 3.63. The average Bonchev–Trinajstić information content (AvgIpc) is 3.40. The normalized spacial score (nSPS) is 19.3. The lowest BCUT2D eigenvalue weighted by molar-refractivity contribution is -0.122. The highest BCUT2D eigenvalue weighted by atomic mass is 35.5. The molecule has 1 atom stereocenters. The van der Waals surface area contributed by atoms with Crippen molar-refractivity contribution in [2.45, 2.75) is 31.2 Å². The number of amides is 1. The van der Waals surface area contributed by atoms with E-state index in [2.05, 4.69) is 4.99 Å². The van der Waals surface area contributed by atoms with E-state index in [0.29, 0.717) is 47.3 Å². The minimum absolute atomic E-state index is 0.111. The van der Waals surface area contributed by atoms with E-state index in [9.17, 15) is 13.2 Å². The van der Waals surface area contributed by atoms with E-state index in [1.54, 1.807) is 12.1 Å². The number of fused-ring (bicyclic) bond motifs is 2. The summed E-state index contributed by atoms with van der Waals surface area (Å²) in [6, 6.07) is 9.88. The van der Waals surface area contributed by atoms with E-state index in [-0.39, 0.29) is 24.1 Å². The van der Waals surface area contributed by atoms with Crippen molar-refractivity contribution in [3.8, 4) is 11.5 Å². The van der Waals surface area contributed by atoms with Crippen LogP contribution in [0.1, 0.15) is 19.8 Å². The van der Waals surface area contributed by atoms with Crippen LogP contribution in [0.4, 0.5) is 0 Å². The van der Waals surface area contributed by atoms with Crippen LogP contribution in [0.25, 0.3) is 10.2 Å². The maximum absolute atomic E-state index is 13.1. The highest BCUT2D eigenvalue weighted by Gasteiger charge is 2.33. The molecule has 11 heteroatoms. The number of benzene rings is 2. The smallest absolute Gasteiger partial charge is 0.252 e. The Hall–Kier alpha value is -2.40. The van der Waals surface area contributed by atoms with E-state index in [0.717, 1.165) is 10.2 Å². The number of hydrogen-bond donors (Lipinski definition) is 0. The molecular weight excluding hydrogens is 486 g/mol. The molecule has 0 aliphatic carbocycles. The topological polar surface area (TPSA) is 90.2 Å². The van der Waals surface area contributed by atoms with Gasteiger partial charge in [0.1, 0.15) is 0 Å². The summed E-state index contributed by atoms with van der Waals surface area (Å²) in [4.78, 5) is 18.3. The van der Waals surface area contributed by atoms with Crippen LogP contribution in [-0.4, -0.2) is 43.1 Å². The van der Waals surface area contributed by atoms with Crippen molar-refractivity contribution in [2.75, 3.05) is 19.9 Å². The largest absolute Gasteiger partial charge is 0.454 e. The van der Waals surface area contributed by atoms with Crippen molar-refractivity contribution >= 4 is 49.1 Å². The number of nitrogens with zero attached hydrogens (tertiary/aromatic N) is 3. The fourth-order valence-corrected chi connectivity index (χ4v) is 6.91. The molecule has 3 aromatic rings. The van der Waals surface area contributed by atoms with Crippen LogP contribution in [-0.2, 0) is 21.4 Å². The van der Waals surface area contributed by atoms with Gasteiger partial charge in [0.05, 0.1) is 21.0 Å². The molecule has 2 aliphatic rings. The van der Waals surface area contributed by atoms with Crippen molar-refractivity contribution in [2.24, 2.45) is 10.9 Å². The Bertz CT molecular complexity index is 1400. The summed E-state index contributed by atoms with van der Waals surface area (Å²) in [7, 11) is -3.71. The summed E-state index contributed by atoms with van der Waals surface area (Å²) in [6.07, 6.45) is 1.20. The van der Waals surface area contributed by atoms with Crippen LogP contribution in [0.3, 0.4) is 0 Å². The molecule has 3 heterocycles. The van der Waals surface area contributed by atoms with E-state index >= 15 is 0 Å². The fourth-order valence-electron chi connectivity index (χ4n) is 4.15. The second-order valence-electron chi connectivity index (χ2n) is 7.91. The van der Waals surface area contributed by atoms with Gasteiger partial charge in [-0.25, -0.2) is 8.42 Å². The summed E-state index contributed by atoms with van der Waals surface area (Å²) in [6.45, 7) is 3.30. The molecule has 33 heavy (non-hydrogen) atoms. The van der Waals surface area contributed by atoms with Gasteiger partial charge in [-0.1, -0.05) is 22.9 Å². The Balaban J connectivity index is 1.43. The van der Waals surface area contributed by atoms with Crippen molar-refractivity contribution in [3.63, 3.8) is 0 Å². The third-order valence-corrected chi connectivity index (χ3v) is 9.06. The summed E-state index contributed by atoms with van der Waals surface area (Å²) in [5, 5.41) is 0.468. The van der Waals surface area contributed by atoms with Crippen molar-refractivity contribution in [3.05, 3.63) is 46.2 Å². The van der Waals surface area contributed by atoms with Crippen LogP contribution in [0, 0.1) is 5.92 Å². The lowest BCUT2D eigenvalue weighted by Gasteiger charge is -2.30. The molecule has 5 rings (SSSR count). The first-order valence-electron chi connectivity index (χ1n) is 10.6. The number of aromatic nitrogens is 1. The molecule has 0 bridgehead atoms. The predicted molar refractivity (Wildman–Crippen MR) is 125 cm³/mol. The lowest BCUT2D eigenvalue weighted by atomic mass is 9.99. The van der Waals surface area contributed by atoms with Gasteiger partial charge in [-0.2, -0.15) is 9.30 Å². The summed E-state index contributed by atoms with van der Waals surface area (Å²) in [5.74, 6) is 0.559. The van der Waals surface area contributed by atoms with Crippen molar-refractivity contribution < 1.29 is 22.7 Å². The molecule has 1 saturated heterocycles. The highest BCUT2D eigenvalue weighted by molar-refractivity contribution is 7.89. The van der Waals surface area contributed by atoms with Crippen molar-refractivity contribution in [1.29, 1.82) is 0 Å². The first kappa shape index (κ1) is 22.4. The minimum Gasteiger partial charge on any atom is -0.454 e. The molecule has 2 aliphatic heterocycles. The lowest BCUT2D eigenvalue weighted by Crippen LogP contribution is -2.42. The molecule has 8 nitrogen and oxygen atoms in total. The number of hydrogen-bond acceptors (Lipinski definition) is 6. The quantitative estimate of drug-likeness (QED) is 0.538. The number of carbonyl (C=O) groups excluding carboxylic acids is 1. The summed E-state index contributed by atoms with van der Waals surface area (Å²) >= 11 is 7.30. The van der Waals surface area contributed by atoms with Gasteiger partial charge in [0.15, 0.2) is 16.3 Å². The van der Waals surface area contributed by atoms with Crippen LogP contribution >= 0.6 is 22.9 Å². The fraction of sp³-hybridized carbons (Fsp3) is 0.364. The number of rotatable bonds is 4. The van der Waals surface area contributed by atoms with Gasteiger partial charge >= 0.3 is 0 Å². The second-order valence-corrected chi connectivity index (χ2v) is 11.3. The number of aryl methyl sites for hydroxylation is 1. The highest BCUT2D eigenvalue weighted by Crippen LogP contribution is 2.37. The van der Waals surface area contributed by atoms with E-state index in [1.807, 2.05) is 23.6 Å². The molecule has 1 unspecified atom stereocenters. The standard InChI is InChI=1S/C22H22ClN3O5S2/c1-2-26-17-10-18-19(31-13-30-18)11-20(17)32-22(26)24-21(27)14-4-3-9-25(12-14)33(28,29)16-7-5-15(23)6-8-16/h5-8,10-11,14H,2-4,9,12-13H2,1H3. The van der Waals surface area contributed by atoms with E-state index < -0.39 is 15.9 Å². The van der Waals surface area contributed by atoms with Crippen LogP contribution in [0.5, 0.6) is 11.5 Å². The van der Waals surface area contributed by atoms with Gasteiger partial charge < -0.3 is 14.0 Å². The van der Waals surface area contributed by atoms with Gasteiger partial charge in [0.2, 0.25) is 16.8 Å². The number of thiazole rings is 1. The van der Waals surface area contributed by atoms with Gasteiger partial charge in [-0.15, -0.1) is 0 Å². The van der Waals surface area contributed by atoms with Gasteiger partial charge in [-0.05, 0) is 44.0 Å². The number of carbonyl (C=O) groups is 1. The van der Waals surface area contributed by atoms with Gasteiger partial charge in [0, 0.05) is 36.8 Å². The van der Waals surface area contributed by atoms with Crippen LogP contribution in [0.2, 0.25) is 5.02 Å². The maximum atomic E-state index is 13.1. The maximum Gasteiger partial charge on any atom is 0.252 e. The van der Waals surface area contributed by atoms with E-state index in [1.165, 1.54) is 27.8 Å². The van der Waals surface area contributed by atoms with Gasteiger partial charge in [-0.3, -0.25) is 4.79 Å². The van der Waals surface area contributed by atoms with Crippen molar-refractivity contribution in [1.82, 2.24) is 8.87 Å². The molecule has 174 valence electrons. The zero-order valence-corrected chi connectivity index (χ0v) is 20.3. The molecule has 0 N–H and O–H groups in total. The molecule has 1 amide bonds. The van der Waals surface area contributed by atoms with Crippen LogP contribution < -0.4 is 14.3 Å². The third kappa shape index (κ3) is 4.16. The molecule has 0 saturated carbocycles. The first-order chi connectivity index (χ1) is 15.9. The van der Waals surface area contributed by atoms with Crippen LogP contribution in [0.15, 0.2) is 46.3 Å². The summed E-state index contributed by atoms with van der Waals surface area (Å²) < 4.78 is 41.3. The van der Waals surface area contributed by atoms with E-state index in [4.69, 9.17) is 21.1 Å². The number of ether oxygens (including phenoxy) is 2. The molecule has 0 radical (unpaired) electrons. The number of halogens is 1. The summed E-state index contributed by atoms with van der Waals surface area (Å²) in [5.41, 5.74) is 0.925. The Kier molecular flexibility index (Phi) is 5.94.